The molecule has 0 unspecified atom stereocenters. The van der Waals surface area contributed by atoms with Crippen molar-refractivity contribution in [3.8, 4) is 0 Å². The highest BCUT2D eigenvalue weighted by Gasteiger charge is 2.38. The van der Waals surface area contributed by atoms with Crippen LogP contribution in [0.5, 0.6) is 0 Å². The average molecular weight is 457 g/mol. The van der Waals surface area contributed by atoms with Gasteiger partial charge in [-0.05, 0) is 54.3 Å². The van der Waals surface area contributed by atoms with Gasteiger partial charge in [0.1, 0.15) is 0 Å². The number of benzene rings is 2. The van der Waals surface area contributed by atoms with Gasteiger partial charge in [0, 0.05) is 23.1 Å². The Morgan fingerprint density at radius 2 is 2.04 bits per heavy atom. The highest BCUT2D eigenvalue weighted by molar-refractivity contribution is 9.10. The highest BCUT2D eigenvalue weighted by Crippen LogP contribution is 2.41. The summed E-state index contributed by atoms with van der Waals surface area (Å²) in [6.45, 7) is 2.34. The smallest absolute Gasteiger partial charge is 0.416 e. The van der Waals surface area contributed by atoms with Crippen molar-refractivity contribution in [1.82, 2.24) is 5.32 Å². The normalized spacial score (nSPS) is 19.4. The summed E-state index contributed by atoms with van der Waals surface area (Å²) in [5, 5.41) is 12.9. The number of amides is 1. The molecule has 0 spiro atoms. The summed E-state index contributed by atoms with van der Waals surface area (Å²) < 4.78 is 40.6. The van der Waals surface area contributed by atoms with Gasteiger partial charge >= 0.3 is 12.3 Å². The second-order valence-electron chi connectivity index (χ2n) is 6.79. The van der Waals surface area contributed by atoms with Gasteiger partial charge in [-0.1, -0.05) is 35.0 Å². The molecule has 2 aromatic carbocycles. The Labute approximate surface area is 169 Å². The van der Waals surface area contributed by atoms with Crippen molar-refractivity contribution in [1.29, 1.82) is 0 Å². The monoisotopic (exact) mass is 456 g/mol. The fourth-order valence-electron chi connectivity index (χ4n) is 3.62. The number of hydrogen-bond donors (Lipinski definition) is 2. The van der Waals surface area contributed by atoms with Gasteiger partial charge in [-0.25, -0.2) is 4.79 Å². The number of carboxylic acid groups (broad SMARTS) is 1. The molecule has 28 heavy (non-hydrogen) atoms. The van der Waals surface area contributed by atoms with E-state index in [0.29, 0.717) is 30.6 Å². The summed E-state index contributed by atoms with van der Waals surface area (Å²) in [7, 11) is 0. The molecule has 0 aromatic heterocycles. The lowest BCUT2D eigenvalue weighted by Crippen LogP contribution is -2.46. The lowest BCUT2D eigenvalue weighted by molar-refractivity contribution is -0.137. The zero-order valence-electron chi connectivity index (χ0n) is 15.1. The van der Waals surface area contributed by atoms with Crippen LogP contribution in [0.4, 0.5) is 23.7 Å². The number of carbonyl (C=O) groups is 1. The third kappa shape index (κ3) is 4.33. The molecule has 0 fully saturated rings. The van der Waals surface area contributed by atoms with Gasteiger partial charge in [0.05, 0.1) is 11.3 Å². The van der Waals surface area contributed by atoms with Crippen molar-refractivity contribution in [3.05, 3.63) is 63.6 Å². The van der Waals surface area contributed by atoms with Gasteiger partial charge < -0.3 is 10.4 Å². The SMILES string of the molecule is CC[C@@H]1C[C@H](NCc2cccc(Br)c2)c2cc(C(F)(F)F)ccc2N1C(=O)O. The van der Waals surface area contributed by atoms with Crippen LogP contribution in [0.2, 0.25) is 0 Å². The number of nitrogens with zero attached hydrogens (tertiary/aromatic N) is 1. The van der Waals surface area contributed by atoms with E-state index in [1.807, 2.05) is 31.2 Å². The summed E-state index contributed by atoms with van der Waals surface area (Å²) in [5.74, 6) is 0. The lowest BCUT2D eigenvalue weighted by atomic mass is 9.88. The van der Waals surface area contributed by atoms with Crippen LogP contribution in [0.1, 0.15) is 42.5 Å². The number of alkyl halides is 3. The van der Waals surface area contributed by atoms with Crippen molar-refractivity contribution in [3.63, 3.8) is 0 Å². The highest BCUT2D eigenvalue weighted by atomic mass is 79.9. The molecule has 0 saturated carbocycles. The van der Waals surface area contributed by atoms with Crippen LogP contribution in [-0.4, -0.2) is 17.2 Å². The molecule has 0 aliphatic carbocycles. The van der Waals surface area contributed by atoms with Gasteiger partial charge in [0.25, 0.3) is 0 Å². The summed E-state index contributed by atoms with van der Waals surface area (Å²) in [6, 6.07) is 10.2. The van der Waals surface area contributed by atoms with Crippen LogP contribution in [-0.2, 0) is 12.7 Å². The molecule has 2 N–H and O–H groups in total. The molecule has 1 heterocycles. The Morgan fingerprint density at radius 1 is 1.29 bits per heavy atom. The number of halogens is 4. The Morgan fingerprint density at radius 3 is 2.64 bits per heavy atom. The first-order valence-electron chi connectivity index (χ1n) is 8.91. The molecule has 1 aliphatic rings. The maximum Gasteiger partial charge on any atom is 0.416 e. The number of rotatable bonds is 4. The lowest BCUT2D eigenvalue weighted by Gasteiger charge is -2.39. The van der Waals surface area contributed by atoms with Gasteiger partial charge in [0.15, 0.2) is 0 Å². The summed E-state index contributed by atoms with van der Waals surface area (Å²) in [5.41, 5.74) is 0.875. The predicted octanol–water partition coefficient (Wildman–Crippen LogP) is 5.97. The second kappa shape index (κ2) is 8.13. The van der Waals surface area contributed by atoms with Crippen LogP contribution >= 0.6 is 15.9 Å². The minimum atomic E-state index is -4.49. The van der Waals surface area contributed by atoms with Crippen molar-refractivity contribution in [2.24, 2.45) is 0 Å². The van der Waals surface area contributed by atoms with Crippen LogP contribution in [0.3, 0.4) is 0 Å². The molecule has 1 aliphatic heterocycles. The van der Waals surface area contributed by atoms with Gasteiger partial charge in [0.2, 0.25) is 0 Å². The number of anilines is 1. The Bertz CT molecular complexity index is 873. The Kier molecular flexibility index (Phi) is 6.00. The van der Waals surface area contributed by atoms with Gasteiger partial charge in [-0.3, -0.25) is 4.90 Å². The summed E-state index contributed by atoms with van der Waals surface area (Å²) >= 11 is 3.41. The van der Waals surface area contributed by atoms with Crippen molar-refractivity contribution in [2.45, 2.75) is 44.6 Å². The van der Waals surface area contributed by atoms with E-state index in [1.165, 1.54) is 11.0 Å². The van der Waals surface area contributed by atoms with E-state index in [4.69, 9.17) is 0 Å². The number of nitrogens with one attached hydrogen (secondary N) is 1. The van der Waals surface area contributed by atoms with E-state index in [0.717, 1.165) is 22.2 Å². The fourth-order valence-corrected chi connectivity index (χ4v) is 4.07. The van der Waals surface area contributed by atoms with Crippen molar-refractivity contribution >= 4 is 27.7 Å². The maximum atomic E-state index is 13.2. The summed E-state index contributed by atoms with van der Waals surface area (Å²) in [4.78, 5) is 13.0. The molecular formula is C20H20BrF3N2O2. The van der Waals surface area contributed by atoms with Gasteiger partial charge in [-0.2, -0.15) is 13.2 Å². The molecule has 0 bridgehead atoms. The van der Waals surface area contributed by atoms with Crippen molar-refractivity contribution in [2.75, 3.05) is 4.90 Å². The predicted molar refractivity (Wildman–Crippen MR) is 104 cm³/mol. The molecule has 4 nitrogen and oxygen atoms in total. The van der Waals surface area contributed by atoms with E-state index in [2.05, 4.69) is 21.2 Å². The molecule has 0 saturated heterocycles. The third-order valence-electron chi connectivity index (χ3n) is 4.98. The van der Waals surface area contributed by atoms with E-state index >= 15 is 0 Å². The Hall–Kier alpha value is -2.06. The third-order valence-corrected chi connectivity index (χ3v) is 5.47. The summed E-state index contributed by atoms with van der Waals surface area (Å²) in [6.07, 6.45) is -4.66. The van der Waals surface area contributed by atoms with Crippen LogP contribution in [0, 0.1) is 0 Å². The standard InChI is InChI=1S/C20H20BrF3N2O2/c1-2-15-10-17(25-11-12-4-3-5-14(21)8-12)16-9-13(20(22,23)24)6-7-18(16)26(15)19(27)28/h3-9,15,17,25H,2,10-11H2,1H3,(H,27,28)/t15-,17+/m1/s1. The maximum absolute atomic E-state index is 13.2. The minimum absolute atomic E-state index is 0.304. The van der Waals surface area contributed by atoms with E-state index in [-0.39, 0.29) is 12.1 Å². The second-order valence-corrected chi connectivity index (χ2v) is 7.70. The van der Waals surface area contributed by atoms with E-state index in [1.54, 1.807) is 0 Å². The molecule has 8 heteroatoms. The minimum Gasteiger partial charge on any atom is -0.465 e. The largest absolute Gasteiger partial charge is 0.465 e. The molecule has 0 radical (unpaired) electrons. The molecule has 2 aromatic rings. The van der Waals surface area contributed by atoms with E-state index < -0.39 is 17.8 Å². The quantitative estimate of drug-likeness (QED) is 0.596. The van der Waals surface area contributed by atoms with Gasteiger partial charge in [-0.15, -0.1) is 0 Å². The molecule has 2 atom stereocenters. The molecule has 150 valence electrons. The van der Waals surface area contributed by atoms with Crippen LogP contribution in [0.15, 0.2) is 46.9 Å². The first kappa shape index (κ1) is 20.7. The Balaban J connectivity index is 1.97. The number of hydrogen-bond acceptors (Lipinski definition) is 2. The van der Waals surface area contributed by atoms with Crippen LogP contribution < -0.4 is 10.2 Å². The topological polar surface area (TPSA) is 52.6 Å². The molecular weight excluding hydrogens is 437 g/mol. The molecule has 3 rings (SSSR count). The van der Waals surface area contributed by atoms with Crippen LogP contribution in [0.25, 0.3) is 0 Å². The number of fused-ring (bicyclic) bond motifs is 1. The van der Waals surface area contributed by atoms with Crippen molar-refractivity contribution < 1.29 is 23.1 Å². The first-order chi connectivity index (χ1) is 13.2. The zero-order valence-corrected chi connectivity index (χ0v) is 16.7. The average Bonchev–Trinajstić information content (AvgIpc) is 2.64. The molecule has 1 amide bonds. The van der Waals surface area contributed by atoms with E-state index in [9.17, 15) is 23.1 Å². The first-order valence-corrected chi connectivity index (χ1v) is 9.71. The fraction of sp³-hybridized carbons (Fsp3) is 0.350. The zero-order chi connectivity index (χ0) is 20.5.